The molecule has 0 aliphatic carbocycles. The second-order valence-corrected chi connectivity index (χ2v) is 8.89. The fraction of sp³-hybridized carbons (Fsp3) is 0.103. The molecule has 4 heterocycles. The van der Waals surface area contributed by atoms with Crippen molar-refractivity contribution in [2.75, 3.05) is 7.11 Å². The minimum absolute atomic E-state index is 0.217. The molecule has 37 heavy (non-hydrogen) atoms. The normalized spacial score (nSPS) is 14.2. The Kier molecular flexibility index (Phi) is 4.78. The summed E-state index contributed by atoms with van der Waals surface area (Å²) < 4.78 is 15.5. The van der Waals surface area contributed by atoms with E-state index < -0.39 is 0 Å². The molecule has 0 N–H and O–H groups in total. The number of rotatable bonds is 4. The van der Waals surface area contributed by atoms with Crippen LogP contribution in [0, 0.1) is 6.92 Å². The van der Waals surface area contributed by atoms with Crippen molar-refractivity contribution in [1.82, 2.24) is 29.4 Å². The van der Waals surface area contributed by atoms with Gasteiger partial charge in [-0.25, -0.2) is 19.2 Å². The van der Waals surface area contributed by atoms with Gasteiger partial charge in [0.05, 0.1) is 35.5 Å². The number of fused-ring (bicyclic) bond motifs is 4. The van der Waals surface area contributed by atoms with E-state index in [0.29, 0.717) is 23.2 Å². The van der Waals surface area contributed by atoms with E-state index in [4.69, 9.17) is 24.7 Å². The van der Waals surface area contributed by atoms with Crippen LogP contribution < -0.4 is 9.47 Å². The summed E-state index contributed by atoms with van der Waals surface area (Å²) in [5, 5.41) is 9.61. The Morgan fingerprint density at radius 3 is 2.30 bits per heavy atom. The predicted octanol–water partition coefficient (Wildman–Crippen LogP) is 5.58. The third kappa shape index (κ3) is 3.37. The summed E-state index contributed by atoms with van der Waals surface area (Å²) in [4.78, 5) is 9.63. The zero-order valence-corrected chi connectivity index (χ0v) is 20.2. The maximum Gasteiger partial charge on any atom is 0.230 e. The number of hydrogen-bond donors (Lipinski definition) is 0. The average molecular weight is 487 g/mol. The van der Waals surface area contributed by atoms with E-state index in [1.54, 1.807) is 18.0 Å². The first-order valence-electron chi connectivity index (χ1n) is 12.0. The maximum atomic E-state index is 6.49. The lowest BCUT2D eigenvalue weighted by atomic mass is 9.84. The van der Waals surface area contributed by atoms with E-state index in [1.165, 1.54) is 0 Å². The summed E-state index contributed by atoms with van der Waals surface area (Å²) in [5.41, 5.74) is 6.30. The van der Waals surface area contributed by atoms with Gasteiger partial charge in [0.15, 0.2) is 11.5 Å². The number of nitrogens with zero attached hydrogens (tertiary/aromatic N) is 6. The molecule has 0 unspecified atom stereocenters. The van der Waals surface area contributed by atoms with Gasteiger partial charge in [-0.1, -0.05) is 60.7 Å². The lowest BCUT2D eigenvalue weighted by Crippen LogP contribution is -2.16. The van der Waals surface area contributed by atoms with Gasteiger partial charge in [0.25, 0.3) is 0 Å². The first-order chi connectivity index (χ1) is 18.2. The highest BCUT2D eigenvalue weighted by Crippen LogP contribution is 2.49. The summed E-state index contributed by atoms with van der Waals surface area (Å²) in [6.45, 7) is 2.01. The standard InChI is InChI=1S/C29H22N6O2/c1-18-23-24(19-13-15-22(36-2)16-14-19)25-27-31-26(20-9-5-3-6-10-20)33-34(27)17-30-28(25)37-29(23)35(32-18)21-11-7-4-8-12-21/h3-17,24H,1-2H3/t24-/m1/s1. The maximum absolute atomic E-state index is 6.49. The highest BCUT2D eigenvalue weighted by Gasteiger charge is 2.38. The van der Waals surface area contributed by atoms with Gasteiger partial charge in [-0.15, -0.1) is 5.10 Å². The van der Waals surface area contributed by atoms with Crippen LogP contribution in [-0.4, -0.2) is 36.5 Å². The molecule has 0 spiro atoms. The minimum atomic E-state index is -0.217. The smallest absolute Gasteiger partial charge is 0.230 e. The van der Waals surface area contributed by atoms with E-state index >= 15 is 0 Å². The van der Waals surface area contributed by atoms with E-state index in [9.17, 15) is 0 Å². The van der Waals surface area contributed by atoms with Crippen LogP contribution in [0.2, 0.25) is 0 Å². The van der Waals surface area contributed by atoms with Crippen molar-refractivity contribution >= 4 is 5.65 Å². The van der Waals surface area contributed by atoms with E-state index in [0.717, 1.165) is 39.4 Å². The summed E-state index contributed by atoms with van der Waals surface area (Å²) in [6.07, 6.45) is 1.65. The van der Waals surface area contributed by atoms with Gasteiger partial charge in [-0.2, -0.15) is 5.10 Å². The van der Waals surface area contributed by atoms with Crippen LogP contribution in [0.1, 0.15) is 28.3 Å². The first kappa shape index (κ1) is 21.3. The molecule has 0 saturated heterocycles. The van der Waals surface area contributed by atoms with Crippen LogP contribution in [-0.2, 0) is 0 Å². The SMILES string of the molecule is COc1ccc([C@@H]2c3c(C)nn(-c4ccccc4)c3Oc3ncn4nc(-c5ccccc5)nc4c32)cc1. The zero-order valence-electron chi connectivity index (χ0n) is 20.2. The Bertz CT molecular complexity index is 1740. The van der Waals surface area contributed by atoms with Crippen LogP contribution in [0.3, 0.4) is 0 Å². The van der Waals surface area contributed by atoms with Crippen molar-refractivity contribution in [1.29, 1.82) is 0 Å². The molecule has 6 aromatic rings. The van der Waals surface area contributed by atoms with Crippen molar-refractivity contribution in [2.45, 2.75) is 12.8 Å². The van der Waals surface area contributed by atoms with Gasteiger partial charge in [0.2, 0.25) is 11.8 Å². The molecule has 0 amide bonds. The molecular weight excluding hydrogens is 464 g/mol. The number of benzene rings is 3. The number of hydrogen-bond acceptors (Lipinski definition) is 6. The monoisotopic (exact) mass is 486 g/mol. The third-order valence-corrected chi connectivity index (χ3v) is 6.70. The van der Waals surface area contributed by atoms with Crippen molar-refractivity contribution in [2.24, 2.45) is 0 Å². The molecule has 3 aromatic heterocycles. The Labute approximate surface area is 212 Å². The van der Waals surface area contributed by atoms with E-state index in [-0.39, 0.29) is 5.92 Å². The lowest BCUT2D eigenvalue weighted by Gasteiger charge is -2.26. The Morgan fingerprint density at radius 1 is 0.838 bits per heavy atom. The van der Waals surface area contributed by atoms with Gasteiger partial charge in [0, 0.05) is 5.56 Å². The topological polar surface area (TPSA) is 79.4 Å². The first-order valence-corrected chi connectivity index (χ1v) is 12.0. The Morgan fingerprint density at radius 2 is 1.57 bits per heavy atom. The minimum Gasteiger partial charge on any atom is -0.497 e. The highest BCUT2D eigenvalue weighted by atomic mass is 16.5. The fourth-order valence-corrected chi connectivity index (χ4v) is 4.96. The lowest BCUT2D eigenvalue weighted by molar-refractivity contribution is 0.402. The van der Waals surface area contributed by atoms with Crippen LogP contribution in [0.5, 0.6) is 17.5 Å². The van der Waals surface area contributed by atoms with Crippen molar-refractivity contribution in [3.63, 3.8) is 0 Å². The molecule has 1 aliphatic rings. The number of ether oxygens (including phenoxy) is 2. The molecule has 1 atom stereocenters. The van der Waals surface area contributed by atoms with Gasteiger partial charge in [-0.05, 0) is 36.8 Å². The molecule has 0 radical (unpaired) electrons. The van der Waals surface area contributed by atoms with Crippen LogP contribution >= 0.6 is 0 Å². The molecule has 8 nitrogen and oxygen atoms in total. The molecule has 1 aliphatic heterocycles. The van der Waals surface area contributed by atoms with Crippen molar-refractivity contribution in [3.05, 3.63) is 114 Å². The van der Waals surface area contributed by atoms with E-state index in [2.05, 4.69) is 17.1 Å². The van der Waals surface area contributed by atoms with Gasteiger partial charge >= 0.3 is 0 Å². The van der Waals surface area contributed by atoms with Gasteiger partial charge < -0.3 is 9.47 Å². The molecule has 8 heteroatoms. The van der Waals surface area contributed by atoms with Crippen LogP contribution in [0.15, 0.2) is 91.3 Å². The third-order valence-electron chi connectivity index (χ3n) is 6.70. The highest BCUT2D eigenvalue weighted by molar-refractivity contribution is 5.68. The van der Waals surface area contributed by atoms with Crippen molar-refractivity contribution < 1.29 is 9.47 Å². The van der Waals surface area contributed by atoms with Crippen LogP contribution in [0.4, 0.5) is 0 Å². The summed E-state index contributed by atoms with van der Waals surface area (Å²) in [7, 11) is 1.67. The molecule has 7 rings (SSSR count). The van der Waals surface area contributed by atoms with Gasteiger partial charge in [0.1, 0.15) is 12.1 Å². The summed E-state index contributed by atoms with van der Waals surface area (Å²) in [6, 6.07) is 28.0. The number of aromatic nitrogens is 6. The second-order valence-electron chi connectivity index (χ2n) is 8.89. The van der Waals surface area contributed by atoms with Gasteiger partial charge in [-0.3, -0.25) is 0 Å². The largest absolute Gasteiger partial charge is 0.497 e. The zero-order chi connectivity index (χ0) is 24.9. The number of methoxy groups -OCH3 is 1. The van der Waals surface area contributed by atoms with Crippen LogP contribution in [0.25, 0.3) is 22.7 Å². The second kappa shape index (κ2) is 8.30. The summed E-state index contributed by atoms with van der Waals surface area (Å²) >= 11 is 0. The Balaban J connectivity index is 1.49. The number of aryl methyl sites for hydroxylation is 1. The molecule has 0 fully saturated rings. The fourth-order valence-electron chi connectivity index (χ4n) is 4.96. The number of para-hydroxylation sites is 1. The molecule has 0 saturated carbocycles. The molecule has 180 valence electrons. The quantitative estimate of drug-likeness (QED) is 0.323. The average Bonchev–Trinajstić information content (AvgIpc) is 3.54. The predicted molar refractivity (Wildman–Crippen MR) is 139 cm³/mol. The molecule has 0 bridgehead atoms. The summed E-state index contributed by atoms with van der Waals surface area (Å²) in [5.74, 6) is 2.35. The molecule has 3 aromatic carbocycles. The Hall–Kier alpha value is -4.98. The molecular formula is C29H22N6O2. The van der Waals surface area contributed by atoms with Crippen molar-refractivity contribution in [3.8, 4) is 34.6 Å². The van der Waals surface area contributed by atoms with E-state index in [1.807, 2.05) is 84.4 Å².